The van der Waals surface area contributed by atoms with E-state index in [2.05, 4.69) is 9.55 Å². The number of rotatable bonds is 4. The summed E-state index contributed by atoms with van der Waals surface area (Å²) in [5.41, 5.74) is 3.57. The van der Waals surface area contributed by atoms with E-state index in [1.165, 1.54) is 0 Å². The molecule has 0 radical (unpaired) electrons. The summed E-state index contributed by atoms with van der Waals surface area (Å²) in [5.74, 6) is 1.18. The second-order valence-electron chi connectivity index (χ2n) is 7.43. The zero-order valence-corrected chi connectivity index (χ0v) is 15.9. The van der Waals surface area contributed by atoms with E-state index in [0.29, 0.717) is 23.6 Å². The van der Waals surface area contributed by atoms with Crippen molar-refractivity contribution in [1.82, 2.24) is 19.4 Å². The van der Waals surface area contributed by atoms with Crippen molar-refractivity contribution in [3.8, 4) is 11.4 Å². The Morgan fingerprint density at radius 3 is 2.86 bits per heavy atom. The molecule has 3 heterocycles. The lowest BCUT2D eigenvalue weighted by Crippen LogP contribution is -2.26. The van der Waals surface area contributed by atoms with E-state index in [4.69, 9.17) is 4.98 Å². The maximum absolute atomic E-state index is 11.8. The highest BCUT2D eigenvalue weighted by Crippen LogP contribution is 2.28. The summed E-state index contributed by atoms with van der Waals surface area (Å²) in [6.45, 7) is 5.58. The fraction of sp³-hybridized carbons (Fsp3) is 0.333. The highest BCUT2D eigenvalue weighted by atomic mass is 16.2. The maximum Gasteiger partial charge on any atom is 0.250 e. The van der Waals surface area contributed by atoms with Crippen molar-refractivity contribution in [2.75, 3.05) is 13.1 Å². The number of amides is 1. The fourth-order valence-corrected chi connectivity index (χ4v) is 3.88. The molecule has 1 amide bonds. The molecule has 28 heavy (non-hydrogen) atoms. The summed E-state index contributed by atoms with van der Waals surface area (Å²) >= 11 is 0. The van der Waals surface area contributed by atoms with Gasteiger partial charge in [0.05, 0.1) is 11.0 Å². The largest absolute Gasteiger partial charge is 0.343 e. The molecule has 1 aliphatic rings. The molecule has 7 nitrogen and oxygen atoms in total. The van der Waals surface area contributed by atoms with Gasteiger partial charge in [-0.05, 0) is 43.5 Å². The van der Waals surface area contributed by atoms with Crippen LogP contribution in [-0.4, -0.2) is 44.7 Å². The lowest BCUT2D eigenvalue weighted by Gasteiger charge is -2.16. The normalized spacial score (nSPS) is 16.6. The molecule has 1 N–H and O–H groups in total. The van der Waals surface area contributed by atoms with Crippen molar-refractivity contribution in [1.29, 1.82) is 0 Å². The number of pyridine rings is 1. The van der Waals surface area contributed by atoms with Gasteiger partial charge in [0.25, 0.3) is 5.56 Å². The van der Waals surface area contributed by atoms with Crippen LogP contribution in [0.15, 0.2) is 35.3 Å². The predicted octanol–water partition coefficient (Wildman–Crippen LogP) is 2.38. The highest BCUT2D eigenvalue weighted by Gasteiger charge is 2.26. The van der Waals surface area contributed by atoms with Crippen LogP contribution < -0.4 is 5.56 Å². The first-order valence-corrected chi connectivity index (χ1v) is 9.37. The average molecular weight is 378 g/mol. The molecule has 0 spiro atoms. The third-order valence-electron chi connectivity index (χ3n) is 5.43. The summed E-state index contributed by atoms with van der Waals surface area (Å²) in [6.07, 6.45) is 3.42. The van der Waals surface area contributed by atoms with Crippen LogP contribution in [-0.2, 0) is 11.3 Å². The molecule has 0 aliphatic carbocycles. The number of H-pyrrole nitrogens is 1. The Labute approximate surface area is 162 Å². The van der Waals surface area contributed by atoms with E-state index in [0.717, 1.165) is 48.2 Å². The Bertz CT molecular complexity index is 1130. The van der Waals surface area contributed by atoms with Crippen LogP contribution in [0.5, 0.6) is 0 Å². The van der Waals surface area contributed by atoms with Crippen LogP contribution in [0.25, 0.3) is 22.4 Å². The van der Waals surface area contributed by atoms with E-state index in [-0.39, 0.29) is 11.5 Å². The second kappa shape index (κ2) is 7.07. The lowest BCUT2D eigenvalue weighted by molar-refractivity contribution is -0.127. The van der Waals surface area contributed by atoms with Gasteiger partial charge in [-0.2, -0.15) is 0 Å². The standard InChI is InChI=1S/C21H22N4O3/c1-13-7-17(9-22-21(13)28)20-23-18-8-15(12-26)3-4-19(18)25(20)11-16-5-6-24(10-16)14(2)27/h3-4,7-9,12,16H,5-6,10-11H2,1-2H3,(H,22,28). The minimum Gasteiger partial charge on any atom is -0.343 e. The average Bonchev–Trinajstić information content (AvgIpc) is 3.29. The molecule has 0 bridgehead atoms. The van der Waals surface area contributed by atoms with E-state index in [1.807, 2.05) is 17.0 Å². The number of imidazole rings is 1. The topological polar surface area (TPSA) is 88.1 Å². The molecule has 4 rings (SSSR count). The van der Waals surface area contributed by atoms with Crippen molar-refractivity contribution < 1.29 is 9.59 Å². The number of aldehydes is 1. The van der Waals surface area contributed by atoms with Gasteiger partial charge >= 0.3 is 0 Å². The van der Waals surface area contributed by atoms with Crippen LogP contribution in [0.1, 0.15) is 29.3 Å². The highest BCUT2D eigenvalue weighted by molar-refractivity contribution is 5.87. The van der Waals surface area contributed by atoms with Gasteiger partial charge in [-0.15, -0.1) is 0 Å². The van der Waals surface area contributed by atoms with Crippen molar-refractivity contribution >= 4 is 23.2 Å². The predicted molar refractivity (Wildman–Crippen MR) is 106 cm³/mol. The third-order valence-corrected chi connectivity index (χ3v) is 5.43. The number of aromatic amines is 1. The van der Waals surface area contributed by atoms with E-state index in [9.17, 15) is 14.4 Å². The van der Waals surface area contributed by atoms with Crippen molar-refractivity contribution in [2.45, 2.75) is 26.8 Å². The van der Waals surface area contributed by atoms with Crippen molar-refractivity contribution in [2.24, 2.45) is 5.92 Å². The first kappa shape index (κ1) is 18.2. The van der Waals surface area contributed by atoms with Crippen LogP contribution in [0, 0.1) is 12.8 Å². The Hall–Kier alpha value is -3.22. The fourth-order valence-electron chi connectivity index (χ4n) is 3.88. The number of hydrogen-bond acceptors (Lipinski definition) is 4. The molecule has 7 heteroatoms. The van der Waals surface area contributed by atoms with Gasteiger partial charge in [0, 0.05) is 49.4 Å². The zero-order valence-electron chi connectivity index (χ0n) is 15.9. The number of hydrogen-bond donors (Lipinski definition) is 1. The smallest absolute Gasteiger partial charge is 0.250 e. The molecule has 1 atom stereocenters. The lowest BCUT2D eigenvalue weighted by atomic mass is 10.1. The quantitative estimate of drug-likeness (QED) is 0.706. The molecule has 144 valence electrons. The maximum atomic E-state index is 11.8. The molecule has 1 aromatic carbocycles. The third kappa shape index (κ3) is 3.24. The summed E-state index contributed by atoms with van der Waals surface area (Å²) in [5, 5.41) is 0. The van der Waals surface area contributed by atoms with Crippen LogP contribution in [0.2, 0.25) is 0 Å². The molecular weight excluding hydrogens is 356 g/mol. The number of carbonyl (C=O) groups excluding carboxylic acids is 2. The monoisotopic (exact) mass is 378 g/mol. The van der Waals surface area contributed by atoms with E-state index in [1.54, 1.807) is 32.2 Å². The zero-order chi connectivity index (χ0) is 19.8. The number of aryl methyl sites for hydroxylation is 1. The van der Waals surface area contributed by atoms with Gasteiger partial charge < -0.3 is 14.5 Å². The van der Waals surface area contributed by atoms with E-state index >= 15 is 0 Å². The Morgan fingerprint density at radius 1 is 1.36 bits per heavy atom. The molecule has 1 fully saturated rings. The summed E-state index contributed by atoms with van der Waals surface area (Å²) < 4.78 is 2.13. The molecule has 1 unspecified atom stereocenters. The molecule has 0 saturated carbocycles. The number of benzene rings is 1. The minimum absolute atomic E-state index is 0.102. The van der Waals surface area contributed by atoms with Crippen LogP contribution in [0.4, 0.5) is 0 Å². The summed E-state index contributed by atoms with van der Waals surface area (Å²) in [6, 6.07) is 7.29. The number of fused-ring (bicyclic) bond motifs is 1. The molecule has 1 saturated heterocycles. The summed E-state index contributed by atoms with van der Waals surface area (Å²) in [4.78, 5) is 44.0. The molecule has 1 aliphatic heterocycles. The van der Waals surface area contributed by atoms with Crippen molar-refractivity contribution in [3.63, 3.8) is 0 Å². The Morgan fingerprint density at radius 2 is 2.18 bits per heavy atom. The number of aromatic nitrogens is 3. The molecule has 3 aromatic rings. The second-order valence-corrected chi connectivity index (χ2v) is 7.43. The van der Waals surface area contributed by atoms with Gasteiger partial charge in [-0.1, -0.05) is 0 Å². The SMILES string of the molecule is CC(=O)N1CCC(Cn2c(-c3c[nH]c(=O)c(C)c3)nc3cc(C=O)ccc32)C1. The Kier molecular flexibility index (Phi) is 4.58. The Balaban J connectivity index is 1.80. The first-order valence-electron chi connectivity index (χ1n) is 9.37. The van der Waals surface area contributed by atoms with Gasteiger partial charge in [0.15, 0.2) is 0 Å². The molecular formula is C21H22N4O3. The minimum atomic E-state index is -0.123. The van der Waals surface area contributed by atoms with Gasteiger partial charge in [0.1, 0.15) is 12.1 Å². The van der Waals surface area contributed by atoms with Crippen LogP contribution in [0.3, 0.4) is 0 Å². The van der Waals surface area contributed by atoms with Gasteiger partial charge in [-0.3, -0.25) is 14.4 Å². The number of nitrogens with zero attached hydrogens (tertiary/aromatic N) is 3. The van der Waals surface area contributed by atoms with Gasteiger partial charge in [0.2, 0.25) is 5.91 Å². The van der Waals surface area contributed by atoms with E-state index < -0.39 is 0 Å². The number of carbonyl (C=O) groups is 2. The number of nitrogens with one attached hydrogen (secondary N) is 1. The molecule has 2 aromatic heterocycles. The van der Waals surface area contributed by atoms with Crippen LogP contribution >= 0.6 is 0 Å². The summed E-state index contributed by atoms with van der Waals surface area (Å²) in [7, 11) is 0. The van der Waals surface area contributed by atoms with Gasteiger partial charge in [-0.25, -0.2) is 4.98 Å². The number of likely N-dealkylation sites (tertiary alicyclic amines) is 1. The van der Waals surface area contributed by atoms with Crippen molar-refractivity contribution in [3.05, 3.63) is 51.9 Å². The first-order chi connectivity index (χ1) is 13.5.